The fourth-order valence-electron chi connectivity index (χ4n) is 2.09. The van der Waals surface area contributed by atoms with Crippen molar-refractivity contribution in [2.24, 2.45) is 0 Å². The summed E-state index contributed by atoms with van der Waals surface area (Å²) in [6.45, 7) is 3.83. The molecule has 0 saturated carbocycles. The molecule has 2 heterocycles. The lowest BCUT2D eigenvalue weighted by Crippen LogP contribution is -2.23. The fraction of sp³-hybridized carbons (Fsp3) is 0.538. The third kappa shape index (κ3) is 5.03. The van der Waals surface area contributed by atoms with Crippen LogP contribution in [0.2, 0.25) is 0 Å². The Morgan fingerprint density at radius 3 is 2.32 bits per heavy atom. The van der Waals surface area contributed by atoms with E-state index in [-0.39, 0.29) is 18.4 Å². The van der Waals surface area contributed by atoms with Gasteiger partial charge in [0, 0.05) is 31.5 Å². The Bertz CT molecular complexity index is 576. The van der Waals surface area contributed by atoms with Crippen LogP contribution in [-0.4, -0.2) is 25.7 Å². The Labute approximate surface area is 132 Å². The molecular weight excluding hydrogens is 319 g/mol. The van der Waals surface area contributed by atoms with Crippen molar-refractivity contribution in [1.82, 2.24) is 24.9 Å². The van der Waals surface area contributed by atoms with E-state index in [0.29, 0.717) is 18.8 Å². The summed E-state index contributed by atoms with van der Waals surface area (Å²) >= 11 is 0. The molecule has 22 heavy (non-hydrogen) atoms. The van der Waals surface area contributed by atoms with Crippen molar-refractivity contribution in [3.8, 4) is 0 Å². The second-order valence-corrected chi connectivity index (χ2v) is 5.06. The van der Waals surface area contributed by atoms with Gasteiger partial charge >= 0.3 is 6.18 Å². The number of rotatable bonds is 6. The summed E-state index contributed by atoms with van der Waals surface area (Å²) < 4.78 is 40.0. The molecule has 0 atom stereocenters. The van der Waals surface area contributed by atoms with Crippen molar-refractivity contribution >= 4 is 12.4 Å². The van der Waals surface area contributed by atoms with Crippen LogP contribution in [0, 0.1) is 0 Å². The highest BCUT2D eigenvalue weighted by molar-refractivity contribution is 5.85. The van der Waals surface area contributed by atoms with E-state index in [2.05, 4.69) is 15.5 Å². The van der Waals surface area contributed by atoms with Crippen molar-refractivity contribution in [3.63, 3.8) is 0 Å². The average Bonchev–Trinajstić information content (AvgIpc) is 2.97. The zero-order valence-corrected chi connectivity index (χ0v) is 13.2. The molecule has 0 aliphatic rings. The normalized spacial score (nSPS) is 11.7. The van der Waals surface area contributed by atoms with Crippen LogP contribution >= 0.6 is 12.4 Å². The van der Waals surface area contributed by atoms with E-state index < -0.39 is 12.7 Å². The minimum Gasteiger partial charge on any atom is -0.306 e. The van der Waals surface area contributed by atoms with Gasteiger partial charge < -0.3 is 5.32 Å². The van der Waals surface area contributed by atoms with Crippen molar-refractivity contribution in [1.29, 1.82) is 0 Å². The fourth-order valence-corrected chi connectivity index (χ4v) is 2.09. The molecule has 0 fully saturated rings. The van der Waals surface area contributed by atoms with Crippen LogP contribution < -0.4 is 5.32 Å². The van der Waals surface area contributed by atoms with Crippen LogP contribution in [0.15, 0.2) is 24.5 Å². The van der Waals surface area contributed by atoms with E-state index in [1.54, 1.807) is 12.3 Å². The first-order chi connectivity index (χ1) is 9.87. The van der Waals surface area contributed by atoms with Crippen LogP contribution in [0.5, 0.6) is 0 Å². The number of alkyl halides is 3. The molecule has 0 bridgehead atoms. The van der Waals surface area contributed by atoms with E-state index in [9.17, 15) is 13.2 Å². The van der Waals surface area contributed by atoms with Crippen LogP contribution in [0.25, 0.3) is 0 Å². The third-order valence-corrected chi connectivity index (χ3v) is 2.99. The van der Waals surface area contributed by atoms with Gasteiger partial charge in [0.1, 0.15) is 6.54 Å². The highest BCUT2D eigenvalue weighted by atomic mass is 35.5. The van der Waals surface area contributed by atoms with Crippen LogP contribution in [-0.2, 0) is 19.6 Å². The maximum Gasteiger partial charge on any atom is 0.408 e. The topological polar surface area (TPSA) is 47.7 Å². The van der Waals surface area contributed by atoms with E-state index in [4.69, 9.17) is 0 Å². The van der Waals surface area contributed by atoms with Gasteiger partial charge in [0.25, 0.3) is 0 Å². The van der Waals surface area contributed by atoms with Gasteiger partial charge in [0.15, 0.2) is 0 Å². The molecule has 0 aromatic carbocycles. The van der Waals surface area contributed by atoms with E-state index in [0.717, 1.165) is 10.4 Å². The van der Waals surface area contributed by atoms with E-state index >= 15 is 0 Å². The summed E-state index contributed by atoms with van der Waals surface area (Å²) in [7, 11) is 0. The molecule has 2 aromatic rings. The first-order valence-electron chi connectivity index (χ1n) is 6.67. The summed E-state index contributed by atoms with van der Waals surface area (Å²) in [4.78, 5) is 0. The Morgan fingerprint density at radius 2 is 1.68 bits per heavy atom. The quantitative estimate of drug-likeness (QED) is 0.881. The molecule has 0 amide bonds. The largest absolute Gasteiger partial charge is 0.408 e. The highest BCUT2D eigenvalue weighted by Gasteiger charge is 2.29. The lowest BCUT2D eigenvalue weighted by atomic mass is 10.3. The molecule has 2 rings (SSSR count). The first kappa shape index (κ1) is 18.5. The number of nitrogens with zero attached hydrogens (tertiary/aromatic N) is 4. The Kier molecular flexibility index (Phi) is 6.43. The Hall–Kier alpha value is -1.54. The predicted octanol–water partition coefficient (Wildman–Crippen LogP) is 2.93. The van der Waals surface area contributed by atoms with E-state index in [1.165, 1.54) is 6.20 Å². The van der Waals surface area contributed by atoms with Gasteiger partial charge in [0.2, 0.25) is 0 Å². The molecule has 0 aliphatic carbocycles. The predicted molar refractivity (Wildman–Crippen MR) is 78.7 cm³/mol. The van der Waals surface area contributed by atoms with Crippen molar-refractivity contribution in [2.75, 3.05) is 0 Å². The molecule has 9 heteroatoms. The molecule has 0 spiro atoms. The maximum absolute atomic E-state index is 12.4. The molecule has 0 aliphatic heterocycles. The van der Waals surface area contributed by atoms with Gasteiger partial charge in [-0.05, 0) is 26.0 Å². The second-order valence-electron chi connectivity index (χ2n) is 5.06. The monoisotopic (exact) mass is 337 g/mol. The number of halogens is 4. The molecule has 5 nitrogen and oxygen atoms in total. The van der Waals surface area contributed by atoms with Crippen LogP contribution in [0.1, 0.15) is 31.3 Å². The lowest BCUT2D eigenvalue weighted by Gasteiger charge is -2.13. The van der Waals surface area contributed by atoms with Gasteiger partial charge in [-0.2, -0.15) is 23.4 Å². The van der Waals surface area contributed by atoms with Gasteiger partial charge in [-0.3, -0.25) is 9.36 Å². The molecule has 0 saturated heterocycles. The number of aromatic nitrogens is 4. The molecule has 0 unspecified atom stereocenters. The maximum atomic E-state index is 12.4. The summed E-state index contributed by atoms with van der Waals surface area (Å²) in [5, 5.41) is 11.0. The van der Waals surface area contributed by atoms with Crippen LogP contribution in [0.4, 0.5) is 13.2 Å². The third-order valence-electron chi connectivity index (χ3n) is 2.99. The Morgan fingerprint density at radius 1 is 1.09 bits per heavy atom. The minimum absolute atomic E-state index is 0. The Balaban J connectivity index is 0.00000242. The molecule has 0 radical (unpaired) electrons. The molecular formula is C13H19ClF3N5. The van der Waals surface area contributed by atoms with Crippen LogP contribution in [0.3, 0.4) is 0 Å². The standard InChI is InChI=1S/C13H18F3N5.ClH/c1-10(2)21-12(4-6-19-21)8-17-7-11-3-5-18-20(11)9-13(14,15)16;/h3-6,10,17H,7-9H2,1-2H3;1H. The number of hydrogen-bond donors (Lipinski definition) is 1. The van der Waals surface area contributed by atoms with Gasteiger partial charge in [-0.25, -0.2) is 0 Å². The van der Waals surface area contributed by atoms with Crippen molar-refractivity contribution in [3.05, 3.63) is 35.9 Å². The summed E-state index contributed by atoms with van der Waals surface area (Å²) in [6, 6.07) is 3.71. The van der Waals surface area contributed by atoms with Crippen molar-refractivity contribution in [2.45, 2.75) is 45.7 Å². The van der Waals surface area contributed by atoms with Gasteiger partial charge in [-0.15, -0.1) is 12.4 Å². The smallest absolute Gasteiger partial charge is 0.306 e. The zero-order chi connectivity index (χ0) is 15.5. The number of hydrogen-bond acceptors (Lipinski definition) is 3. The van der Waals surface area contributed by atoms with Crippen molar-refractivity contribution < 1.29 is 13.2 Å². The minimum atomic E-state index is -4.27. The first-order valence-corrected chi connectivity index (χ1v) is 6.67. The summed E-state index contributed by atoms with van der Waals surface area (Å²) in [6.07, 6.45) is -1.18. The summed E-state index contributed by atoms with van der Waals surface area (Å²) in [5.41, 5.74) is 1.50. The highest BCUT2D eigenvalue weighted by Crippen LogP contribution is 2.18. The van der Waals surface area contributed by atoms with E-state index in [1.807, 2.05) is 24.6 Å². The van der Waals surface area contributed by atoms with Gasteiger partial charge in [-0.1, -0.05) is 0 Å². The lowest BCUT2D eigenvalue weighted by molar-refractivity contribution is -0.143. The average molecular weight is 338 g/mol. The molecule has 1 N–H and O–H groups in total. The molecule has 2 aromatic heterocycles. The zero-order valence-electron chi connectivity index (χ0n) is 12.3. The van der Waals surface area contributed by atoms with Gasteiger partial charge in [0.05, 0.1) is 11.4 Å². The second kappa shape index (κ2) is 7.64. The molecule has 124 valence electrons. The SMILES string of the molecule is CC(C)n1nccc1CNCc1ccnn1CC(F)(F)F.Cl. The number of nitrogens with one attached hydrogen (secondary N) is 1. The summed E-state index contributed by atoms with van der Waals surface area (Å²) in [5.74, 6) is 0.